The van der Waals surface area contributed by atoms with Gasteiger partial charge < -0.3 is 9.64 Å². The Balaban J connectivity index is 1.90. The molecule has 1 amide bonds. The first-order valence-electron chi connectivity index (χ1n) is 8.09. The van der Waals surface area contributed by atoms with Gasteiger partial charge >= 0.3 is 5.97 Å². The highest BCUT2D eigenvalue weighted by Crippen LogP contribution is 2.24. The number of benzene rings is 1. The van der Waals surface area contributed by atoms with Crippen molar-refractivity contribution in [3.63, 3.8) is 0 Å². The van der Waals surface area contributed by atoms with Crippen molar-refractivity contribution in [2.45, 2.75) is 26.8 Å². The molecule has 0 saturated heterocycles. The molecule has 0 unspecified atom stereocenters. The van der Waals surface area contributed by atoms with Crippen molar-refractivity contribution in [1.29, 1.82) is 0 Å². The fourth-order valence-electron chi connectivity index (χ4n) is 3.11. The third kappa shape index (κ3) is 2.79. The lowest BCUT2D eigenvalue weighted by Gasteiger charge is -2.27. The number of amides is 1. The van der Waals surface area contributed by atoms with Crippen LogP contribution in [-0.4, -0.2) is 39.7 Å². The molecule has 6 heteroatoms. The summed E-state index contributed by atoms with van der Waals surface area (Å²) in [5.74, 6) is -0.406. The molecule has 2 aromatic rings. The Bertz CT molecular complexity index is 795. The first kappa shape index (κ1) is 16.2. The number of aryl methyl sites for hydroxylation is 2. The van der Waals surface area contributed by atoms with Crippen LogP contribution in [-0.2, 0) is 24.8 Å². The molecule has 126 valence electrons. The monoisotopic (exact) mass is 327 g/mol. The van der Waals surface area contributed by atoms with Gasteiger partial charge in [-0.1, -0.05) is 18.2 Å². The van der Waals surface area contributed by atoms with E-state index < -0.39 is 0 Å². The molecule has 1 aromatic heterocycles. The van der Waals surface area contributed by atoms with Crippen molar-refractivity contribution in [3.05, 3.63) is 52.3 Å². The molecule has 2 heterocycles. The Morgan fingerprint density at radius 2 is 2.04 bits per heavy atom. The molecule has 1 aliphatic rings. The summed E-state index contributed by atoms with van der Waals surface area (Å²) < 4.78 is 6.69. The second kappa shape index (κ2) is 6.47. The number of carbonyl (C=O) groups excluding carboxylic acids is 2. The summed E-state index contributed by atoms with van der Waals surface area (Å²) in [5.41, 5.74) is 3.75. The van der Waals surface area contributed by atoms with Crippen molar-refractivity contribution in [2.24, 2.45) is 7.05 Å². The zero-order valence-corrected chi connectivity index (χ0v) is 14.2. The summed E-state index contributed by atoms with van der Waals surface area (Å²) in [6.45, 7) is 4.99. The number of rotatable bonds is 3. The van der Waals surface area contributed by atoms with Crippen LogP contribution in [0.1, 0.15) is 44.6 Å². The van der Waals surface area contributed by atoms with Gasteiger partial charge in [0, 0.05) is 31.1 Å². The van der Waals surface area contributed by atoms with Gasteiger partial charge in [-0.05, 0) is 25.5 Å². The summed E-state index contributed by atoms with van der Waals surface area (Å²) in [6, 6.07) is 7.55. The maximum absolute atomic E-state index is 12.8. The van der Waals surface area contributed by atoms with Crippen LogP contribution >= 0.6 is 0 Å². The van der Waals surface area contributed by atoms with E-state index in [0.29, 0.717) is 37.4 Å². The molecule has 0 radical (unpaired) electrons. The molecule has 3 rings (SSSR count). The molecule has 0 N–H and O–H groups in total. The quantitative estimate of drug-likeness (QED) is 0.810. The van der Waals surface area contributed by atoms with Gasteiger partial charge in [-0.15, -0.1) is 0 Å². The van der Waals surface area contributed by atoms with Crippen LogP contribution in [0, 0.1) is 6.92 Å². The lowest BCUT2D eigenvalue weighted by molar-refractivity contribution is 0.0508. The summed E-state index contributed by atoms with van der Waals surface area (Å²) in [5, 5.41) is 4.42. The second-order valence-electron chi connectivity index (χ2n) is 5.91. The van der Waals surface area contributed by atoms with E-state index in [1.807, 2.05) is 31.2 Å². The molecule has 6 nitrogen and oxygen atoms in total. The largest absolute Gasteiger partial charge is 0.461 e. The number of carbonyl (C=O) groups is 2. The Morgan fingerprint density at radius 1 is 1.29 bits per heavy atom. The highest BCUT2D eigenvalue weighted by Gasteiger charge is 2.30. The maximum atomic E-state index is 12.8. The van der Waals surface area contributed by atoms with Crippen molar-refractivity contribution < 1.29 is 14.3 Å². The van der Waals surface area contributed by atoms with Crippen LogP contribution in [0.25, 0.3) is 0 Å². The zero-order chi connectivity index (χ0) is 17.3. The fraction of sp³-hybridized carbons (Fsp3) is 0.389. The number of nitrogens with zero attached hydrogens (tertiary/aromatic N) is 3. The predicted octanol–water partition coefficient (Wildman–Crippen LogP) is 2.10. The molecule has 0 aliphatic carbocycles. The van der Waals surface area contributed by atoms with Gasteiger partial charge in [-0.2, -0.15) is 5.10 Å². The minimum atomic E-state index is -0.390. The Labute approximate surface area is 141 Å². The van der Waals surface area contributed by atoms with E-state index in [1.54, 1.807) is 23.6 Å². The zero-order valence-electron chi connectivity index (χ0n) is 14.2. The van der Waals surface area contributed by atoms with E-state index in [0.717, 1.165) is 16.8 Å². The lowest BCUT2D eigenvalue weighted by atomic mass is 10.0. The number of ether oxygens (including phenoxy) is 1. The van der Waals surface area contributed by atoms with Gasteiger partial charge in [-0.25, -0.2) is 4.79 Å². The summed E-state index contributed by atoms with van der Waals surface area (Å²) in [4.78, 5) is 26.8. The third-order valence-corrected chi connectivity index (χ3v) is 4.33. The smallest absolute Gasteiger partial charge is 0.356 e. The van der Waals surface area contributed by atoms with Gasteiger partial charge in [0.1, 0.15) is 0 Å². The van der Waals surface area contributed by atoms with Gasteiger partial charge in [0.25, 0.3) is 5.91 Å². The number of hydrogen-bond acceptors (Lipinski definition) is 4. The van der Waals surface area contributed by atoms with Crippen molar-refractivity contribution in [3.8, 4) is 0 Å². The molecule has 1 aromatic carbocycles. The average molecular weight is 327 g/mol. The van der Waals surface area contributed by atoms with E-state index in [1.165, 1.54) is 0 Å². The van der Waals surface area contributed by atoms with Crippen LogP contribution in [0.3, 0.4) is 0 Å². The summed E-state index contributed by atoms with van der Waals surface area (Å²) in [7, 11) is 1.73. The van der Waals surface area contributed by atoms with Gasteiger partial charge in [0.05, 0.1) is 18.8 Å². The molecule has 0 saturated carbocycles. The van der Waals surface area contributed by atoms with E-state index in [4.69, 9.17) is 4.74 Å². The number of hydrogen-bond donors (Lipinski definition) is 0. The molecule has 0 spiro atoms. The van der Waals surface area contributed by atoms with Crippen LogP contribution in [0.4, 0.5) is 0 Å². The highest BCUT2D eigenvalue weighted by atomic mass is 16.5. The standard InChI is InChI=1S/C18H21N3O3/c1-4-24-18(23)16-14-11-21(10-9-15(14)19-20(16)3)17(22)13-8-6-5-7-12(13)2/h5-8H,4,9-11H2,1-3H3. The first-order chi connectivity index (χ1) is 11.5. The minimum Gasteiger partial charge on any atom is -0.461 e. The van der Waals surface area contributed by atoms with Crippen molar-refractivity contribution in [1.82, 2.24) is 14.7 Å². The fourth-order valence-corrected chi connectivity index (χ4v) is 3.11. The molecule has 0 atom stereocenters. The second-order valence-corrected chi connectivity index (χ2v) is 5.91. The van der Waals surface area contributed by atoms with Gasteiger partial charge in [0.15, 0.2) is 5.69 Å². The normalized spacial score (nSPS) is 13.5. The summed E-state index contributed by atoms with van der Waals surface area (Å²) in [6.07, 6.45) is 0.639. The minimum absolute atomic E-state index is 0.0163. The van der Waals surface area contributed by atoms with Crippen LogP contribution < -0.4 is 0 Å². The number of aromatic nitrogens is 2. The van der Waals surface area contributed by atoms with E-state index in [-0.39, 0.29) is 11.9 Å². The molecule has 1 aliphatic heterocycles. The molecular weight excluding hydrogens is 306 g/mol. The molecule has 24 heavy (non-hydrogen) atoms. The molecule has 0 bridgehead atoms. The first-order valence-corrected chi connectivity index (χ1v) is 8.09. The Morgan fingerprint density at radius 3 is 2.75 bits per heavy atom. The maximum Gasteiger partial charge on any atom is 0.356 e. The van der Waals surface area contributed by atoms with Gasteiger partial charge in [0.2, 0.25) is 0 Å². The number of fused-ring (bicyclic) bond motifs is 1. The Hall–Kier alpha value is -2.63. The topological polar surface area (TPSA) is 64.4 Å². The predicted molar refractivity (Wildman–Crippen MR) is 88.8 cm³/mol. The third-order valence-electron chi connectivity index (χ3n) is 4.33. The Kier molecular flexibility index (Phi) is 4.38. The molecular formula is C18H21N3O3. The van der Waals surface area contributed by atoms with Crippen molar-refractivity contribution in [2.75, 3.05) is 13.2 Å². The van der Waals surface area contributed by atoms with Crippen LogP contribution in [0.2, 0.25) is 0 Å². The number of esters is 1. The molecule has 0 fully saturated rings. The lowest BCUT2D eigenvalue weighted by Crippen LogP contribution is -2.36. The average Bonchev–Trinajstić information content (AvgIpc) is 2.89. The van der Waals surface area contributed by atoms with E-state index in [2.05, 4.69) is 5.10 Å². The highest BCUT2D eigenvalue weighted by molar-refractivity contribution is 5.96. The van der Waals surface area contributed by atoms with Crippen molar-refractivity contribution >= 4 is 11.9 Å². The van der Waals surface area contributed by atoms with Crippen LogP contribution in [0.15, 0.2) is 24.3 Å². The SMILES string of the molecule is CCOC(=O)c1c2c(nn1C)CCN(C(=O)c1ccccc1C)C2. The van der Waals surface area contributed by atoms with Crippen LogP contribution in [0.5, 0.6) is 0 Å². The van der Waals surface area contributed by atoms with Gasteiger partial charge in [-0.3, -0.25) is 9.48 Å². The van der Waals surface area contributed by atoms with E-state index >= 15 is 0 Å². The van der Waals surface area contributed by atoms with E-state index in [9.17, 15) is 9.59 Å². The summed E-state index contributed by atoms with van der Waals surface area (Å²) >= 11 is 0.